The van der Waals surface area contributed by atoms with E-state index in [1.54, 1.807) is 0 Å². The predicted molar refractivity (Wildman–Crippen MR) is 48.4 cm³/mol. The van der Waals surface area contributed by atoms with Crippen molar-refractivity contribution in [2.75, 3.05) is 20.1 Å². The Hall–Kier alpha value is -0.0800. The zero-order valence-electron chi connectivity index (χ0n) is 7.41. The summed E-state index contributed by atoms with van der Waals surface area (Å²) in [4.78, 5) is 0. The highest BCUT2D eigenvalue weighted by atomic mass is 15.0. The number of likely N-dealkylation sites (N-methyl/N-ethyl adjacent to an activating group) is 1. The summed E-state index contributed by atoms with van der Waals surface area (Å²) in [5.41, 5.74) is 0. The van der Waals surface area contributed by atoms with E-state index in [1.165, 1.54) is 19.4 Å². The molecule has 0 saturated carbocycles. The lowest BCUT2D eigenvalue weighted by Crippen LogP contribution is -2.31. The van der Waals surface area contributed by atoms with Crippen molar-refractivity contribution in [2.45, 2.75) is 32.7 Å². The minimum atomic E-state index is 0. The highest BCUT2D eigenvalue weighted by Gasteiger charge is 2.11. The van der Waals surface area contributed by atoms with E-state index in [2.05, 4.69) is 10.6 Å². The summed E-state index contributed by atoms with van der Waals surface area (Å²) < 4.78 is 0. The maximum absolute atomic E-state index is 3.40. The third-order valence-corrected chi connectivity index (χ3v) is 1.61. The fraction of sp³-hybridized carbons (Fsp3) is 1.00. The van der Waals surface area contributed by atoms with Gasteiger partial charge in [-0.15, -0.1) is 0 Å². The van der Waals surface area contributed by atoms with Crippen LogP contribution >= 0.6 is 0 Å². The first-order valence-corrected chi connectivity index (χ1v) is 4.31. The average molecular weight is 146 g/mol. The zero-order chi connectivity index (χ0) is 7.82. The first kappa shape index (κ1) is 9.92. The molecule has 10 heavy (non-hydrogen) atoms. The van der Waals surface area contributed by atoms with Crippen molar-refractivity contribution in [2.24, 2.45) is 0 Å². The van der Waals surface area contributed by atoms with Gasteiger partial charge in [-0.2, -0.15) is 0 Å². The summed E-state index contributed by atoms with van der Waals surface area (Å²) in [6.07, 6.45) is 2.70. The summed E-state index contributed by atoms with van der Waals surface area (Å²) in [5, 5.41) is 6.54. The molecule has 0 aromatic carbocycles. The molecule has 1 atom stereocenters. The summed E-state index contributed by atoms with van der Waals surface area (Å²) in [6, 6.07) is 0.750. The molecule has 1 heterocycles. The summed E-state index contributed by atoms with van der Waals surface area (Å²) in [5.74, 6) is 0. The first-order chi connectivity index (χ1) is 4.93. The lowest BCUT2D eigenvalue weighted by atomic mass is 10.2. The van der Waals surface area contributed by atoms with E-state index in [1.807, 2.05) is 20.9 Å². The second-order valence-corrected chi connectivity index (χ2v) is 2.35. The molecule has 0 spiro atoms. The molecule has 1 aliphatic heterocycles. The Bertz CT molecular complexity index is 63.1. The Kier molecular flexibility index (Phi) is 6.98. The van der Waals surface area contributed by atoms with Gasteiger partial charge in [-0.25, -0.2) is 0 Å². The molecule has 2 heteroatoms. The molecular weight excluding hydrogens is 124 g/mol. The molecule has 64 valence electrons. The Morgan fingerprint density at radius 3 is 2.70 bits per heavy atom. The van der Waals surface area contributed by atoms with Crippen molar-refractivity contribution in [3.05, 3.63) is 0 Å². The minimum Gasteiger partial charge on any atom is -0.318 e. The van der Waals surface area contributed by atoms with Gasteiger partial charge in [0.25, 0.3) is 0 Å². The molecule has 0 aromatic heterocycles. The van der Waals surface area contributed by atoms with Gasteiger partial charge >= 0.3 is 0 Å². The fourth-order valence-electron chi connectivity index (χ4n) is 1.18. The van der Waals surface area contributed by atoms with Gasteiger partial charge in [-0.1, -0.05) is 13.8 Å². The van der Waals surface area contributed by atoms with Gasteiger partial charge in [0.05, 0.1) is 0 Å². The lowest BCUT2D eigenvalue weighted by Gasteiger charge is -2.06. The van der Waals surface area contributed by atoms with Crippen molar-refractivity contribution < 1.29 is 1.43 Å². The van der Waals surface area contributed by atoms with Gasteiger partial charge in [0, 0.05) is 14.0 Å². The van der Waals surface area contributed by atoms with Crippen LogP contribution in [0.4, 0.5) is 0 Å². The fourth-order valence-corrected chi connectivity index (χ4v) is 1.18. The summed E-state index contributed by atoms with van der Waals surface area (Å²) in [7, 11) is 2.00. The van der Waals surface area contributed by atoms with Crippen LogP contribution in [0.1, 0.15) is 28.1 Å². The molecule has 2 N–H and O–H groups in total. The Morgan fingerprint density at radius 1 is 1.60 bits per heavy atom. The van der Waals surface area contributed by atoms with Crippen LogP contribution in [0.15, 0.2) is 0 Å². The Labute approximate surface area is 65.9 Å². The van der Waals surface area contributed by atoms with Crippen LogP contribution in [-0.2, 0) is 0 Å². The highest BCUT2D eigenvalue weighted by molar-refractivity contribution is 4.74. The highest BCUT2D eigenvalue weighted by Crippen LogP contribution is 2.02. The smallest absolute Gasteiger partial charge is 0.0192 e. The van der Waals surface area contributed by atoms with Crippen LogP contribution in [-0.4, -0.2) is 26.2 Å². The van der Waals surface area contributed by atoms with Gasteiger partial charge in [-0.05, 0) is 26.4 Å². The second-order valence-electron chi connectivity index (χ2n) is 2.35. The number of hydrogen-bond donors (Lipinski definition) is 2. The average Bonchev–Trinajstić information content (AvgIpc) is 2.46. The monoisotopic (exact) mass is 146 g/mol. The Balaban J connectivity index is 0. The molecule has 1 aliphatic rings. The van der Waals surface area contributed by atoms with E-state index in [4.69, 9.17) is 0 Å². The van der Waals surface area contributed by atoms with Crippen molar-refractivity contribution in [1.29, 1.82) is 0 Å². The van der Waals surface area contributed by atoms with Gasteiger partial charge in [-0.3, -0.25) is 0 Å². The molecule has 1 unspecified atom stereocenters. The maximum atomic E-state index is 3.40. The van der Waals surface area contributed by atoms with E-state index in [0.29, 0.717) is 0 Å². The largest absolute Gasteiger partial charge is 0.318 e. The lowest BCUT2D eigenvalue weighted by molar-refractivity contribution is 0.568. The third kappa shape index (κ3) is 3.85. The van der Waals surface area contributed by atoms with Crippen molar-refractivity contribution in [3.63, 3.8) is 0 Å². The zero-order valence-corrected chi connectivity index (χ0v) is 7.41. The van der Waals surface area contributed by atoms with Crippen LogP contribution in [0.3, 0.4) is 0 Å². The maximum Gasteiger partial charge on any atom is 0.0192 e. The second kappa shape index (κ2) is 7.03. The molecule has 0 aromatic rings. The molecule has 0 amide bonds. The standard InChI is InChI=1S/C6H14N2.C2H6.H2/c1-7-5-6-3-2-4-8-6;1-2;/h6-8H,2-5H2,1H3;1-2H3;1H. The minimum absolute atomic E-state index is 0. The van der Waals surface area contributed by atoms with E-state index in [0.717, 1.165) is 12.6 Å². The van der Waals surface area contributed by atoms with Crippen LogP contribution in [0.25, 0.3) is 0 Å². The van der Waals surface area contributed by atoms with Crippen LogP contribution < -0.4 is 10.6 Å². The van der Waals surface area contributed by atoms with Gasteiger partial charge in [0.2, 0.25) is 0 Å². The molecule has 1 fully saturated rings. The number of hydrogen-bond acceptors (Lipinski definition) is 2. The van der Waals surface area contributed by atoms with Crippen molar-refractivity contribution >= 4 is 0 Å². The van der Waals surface area contributed by atoms with E-state index in [-0.39, 0.29) is 1.43 Å². The van der Waals surface area contributed by atoms with Crippen LogP contribution in [0, 0.1) is 0 Å². The van der Waals surface area contributed by atoms with E-state index in [9.17, 15) is 0 Å². The SMILES string of the molecule is CC.CNCC1CCCN1.[HH]. The number of rotatable bonds is 2. The quantitative estimate of drug-likeness (QED) is 0.612. The molecular formula is C8H22N2. The topological polar surface area (TPSA) is 24.1 Å². The van der Waals surface area contributed by atoms with Gasteiger partial charge in [0.1, 0.15) is 0 Å². The van der Waals surface area contributed by atoms with Crippen LogP contribution in [0.5, 0.6) is 0 Å². The van der Waals surface area contributed by atoms with E-state index >= 15 is 0 Å². The molecule has 0 bridgehead atoms. The van der Waals surface area contributed by atoms with Crippen LogP contribution in [0.2, 0.25) is 0 Å². The van der Waals surface area contributed by atoms with E-state index < -0.39 is 0 Å². The molecule has 0 radical (unpaired) electrons. The molecule has 0 aliphatic carbocycles. The van der Waals surface area contributed by atoms with Crippen molar-refractivity contribution in [1.82, 2.24) is 10.6 Å². The van der Waals surface area contributed by atoms with Gasteiger partial charge in [0.15, 0.2) is 0 Å². The predicted octanol–water partition coefficient (Wildman–Crippen LogP) is 1.23. The Morgan fingerprint density at radius 2 is 2.30 bits per heavy atom. The normalized spacial score (nSPS) is 23.7. The molecule has 1 rings (SSSR count). The van der Waals surface area contributed by atoms with Gasteiger partial charge < -0.3 is 10.6 Å². The van der Waals surface area contributed by atoms with Crippen molar-refractivity contribution in [3.8, 4) is 0 Å². The summed E-state index contributed by atoms with van der Waals surface area (Å²) >= 11 is 0. The molecule has 2 nitrogen and oxygen atoms in total. The molecule has 1 saturated heterocycles. The summed E-state index contributed by atoms with van der Waals surface area (Å²) in [6.45, 7) is 6.34. The number of nitrogens with one attached hydrogen (secondary N) is 2. The first-order valence-electron chi connectivity index (χ1n) is 4.31. The third-order valence-electron chi connectivity index (χ3n) is 1.61.